The maximum absolute atomic E-state index is 13.4. The van der Waals surface area contributed by atoms with Gasteiger partial charge in [0.05, 0.1) is 31.9 Å². The number of morpholine rings is 1. The van der Waals surface area contributed by atoms with Gasteiger partial charge in [-0.15, -0.1) is 0 Å². The van der Waals surface area contributed by atoms with Gasteiger partial charge in [-0.2, -0.15) is 0 Å². The van der Waals surface area contributed by atoms with Gasteiger partial charge in [-0.05, 0) is 42.0 Å². The van der Waals surface area contributed by atoms with Crippen LogP contribution in [0, 0.1) is 5.82 Å². The van der Waals surface area contributed by atoms with Crippen LogP contribution in [0.2, 0.25) is 0 Å². The lowest BCUT2D eigenvalue weighted by Gasteiger charge is -2.30. The number of amides is 1. The molecule has 12 heteroatoms. The molecule has 43 heavy (non-hydrogen) atoms. The monoisotopic (exact) mass is 588 g/mol. The first-order chi connectivity index (χ1) is 21.0. The molecule has 3 aliphatic rings. The van der Waals surface area contributed by atoms with Gasteiger partial charge in [0.2, 0.25) is 5.96 Å². The molecular formula is C31H33FN6O5. The van der Waals surface area contributed by atoms with E-state index in [4.69, 9.17) is 19.2 Å². The second-order valence-electron chi connectivity index (χ2n) is 10.4. The number of pyridine rings is 1. The molecule has 2 aromatic carbocycles. The number of rotatable bonds is 10. The Morgan fingerprint density at radius 2 is 1.93 bits per heavy atom. The van der Waals surface area contributed by atoms with Crippen molar-refractivity contribution in [3.05, 3.63) is 83.4 Å². The molecule has 0 spiro atoms. The number of hydrogen-bond acceptors (Lipinski definition) is 10. The van der Waals surface area contributed by atoms with E-state index in [9.17, 15) is 14.3 Å². The molecule has 11 nitrogen and oxygen atoms in total. The number of nitrogens with one attached hydrogen (secondary N) is 1. The Kier molecular flexibility index (Phi) is 8.87. The molecule has 224 valence electrons. The standard InChI is InChI=1S/C31H33FN6O5/c32-23-5-3-21(4-6-23)9-15-42-28-26(43-20-24(39)19-37-13-16-41-17-14-37)8-7-25-27(28)35-31(38-12-11-34-29(25)38)36-30(40)22-2-1-10-33-18-22/h1-8,10,18,24,39H,9,11-17,19-20H2,(H,35,36,40). The summed E-state index contributed by atoms with van der Waals surface area (Å²) >= 11 is 0. The third kappa shape index (κ3) is 6.82. The summed E-state index contributed by atoms with van der Waals surface area (Å²) in [5, 5.41) is 13.6. The zero-order valence-corrected chi connectivity index (χ0v) is 23.6. The molecule has 6 rings (SSSR count). The molecule has 1 fully saturated rings. The van der Waals surface area contributed by atoms with Crippen LogP contribution in [0.5, 0.6) is 11.5 Å². The number of fused-ring (bicyclic) bond motifs is 3. The molecule has 2 N–H and O–H groups in total. The van der Waals surface area contributed by atoms with E-state index in [1.54, 1.807) is 36.5 Å². The Morgan fingerprint density at radius 3 is 2.72 bits per heavy atom. The van der Waals surface area contributed by atoms with E-state index in [2.05, 4.69) is 20.2 Å². The first-order valence-corrected chi connectivity index (χ1v) is 14.3. The predicted octanol–water partition coefficient (Wildman–Crippen LogP) is 2.41. The van der Waals surface area contributed by atoms with Crippen molar-refractivity contribution in [1.82, 2.24) is 20.1 Å². The largest absolute Gasteiger partial charge is 0.487 e. The number of aliphatic hydroxyl groups excluding tert-OH is 1. The van der Waals surface area contributed by atoms with Gasteiger partial charge in [0.15, 0.2) is 11.5 Å². The zero-order valence-electron chi connectivity index (χ0n) is 23.6. The van der Waals surface area contributed by atoms with Crippen molar-refractivity contribution in [2.45, 2.75) is 12.5 Å². The summed E-state index contributed by atoms with van der Waals surface area (Å²) in [7, 11) is 0. The maximum atomic E-state index is 13.4. The van der Waals surface area contributed by atoms with Crippen LogP contribution in [-0.2, 0) is 11.2 Å². The number of β-amino-alcohol motifs (C(OH)–C–C–N with tert-alkyl or cyclic N) is 1. The van der Waals surface area contributed by atoms with Gasteiger partial charge in [0.1, 0.15) is 30.1 Å². The van der Waals surface area contributed by atoms with Crippen molar-refractivity contribution in [2.24, 2.45) is 9.98 Å². The molecule has 1 unspecified atom stereocenters. The third-order valence-corrected chi connectivity index (χ3v) is 7.35. The van der Waals surface area contributed by atoms with Gasteiger partial charge in [0.25, 0.3) is 5.91 Å². The molecule has 1 amide bonds. The van der Waals surface area contributed by atoms with Crippen LogP contribution >= 0.6 is 0 Å². The first-order valence-electron chi connectivity index (χ1n) is 14.3. The summed E-state index contributed by atoms with van der Waals surface area (Å²) in [4.78, 5) is 30.6. The number of halogens is 1. The summed E-state index contributed by atoms with van der Waals surface area (Å²) in [5.74, 6) is 1.14. The Labute approximate surface area is 248 Å². The lowest BCUT2D eigenvalue weighted by molar-refractivity contribution is 0.00441. The van der Waals surface area contributed by atoms with Crippen LogP contribution in [0.3, 0.4) is 0 Å². The van der Waals surface area contributed by atoms with Crippen LogP contribution in [-0.4, -0.2) is 103 Å². The molecule has 4 heterocycles. The highest BCUT2D eigenvalue weighted by Crippen LogP contribution is 2.43. The Hall–Kier alpha value is -4.39. The fraction of sp³-hybridized carbons (Fsp3) is 0.355. The number of nitrogens with zero attached hydrogens (tertiary/aromatic N) is 5. The lowest BCUT2D eigenvalue weighted by atomic mass is 10.1. The Morgan fingerprint density at radius 1 is 1.09 bits per heavy atom. The molecular weight excluding hydrogens is 555 g/mol. The van der Waals surface area contributed by atoms with Gasteiger partial charge in [-0.25, -0.2) is 9.38 Å². The average Bonchev–Trinajstić information content (AvgIpc) is 3.53. The number of aliphatic hydroxyl groups is 1. The highest BCUT2D eigenvalue weighted by Gasteiger charge is 2.33. The third-order valence-electron chi connectivity index (χ3n) is 7.35. The van der Waals surface area contributed by atoms with E-state index in [1.807, 2.05) is 11.0 Å². The van der Waals surface area contributed by atoms with E-state index in [0.717, 1.165) is 24.2 Å². The number of carbonyl (C=O) groups excluding carboxylic acids is 1. The van der Waals surface area contributed by atoms with Gasteiger partial charge in [-0.1, -0.05) is 12.1 Å². The van der Waals surface area contributed by atoms with E-state index >= 15 is 0 Å². The van der Waals surface area contributed by atoms with Gasteiger partial charge >= 0.3 is 0 Å². The van der Waals surface area contributed by atoms with E-state index in [0.29, 0.717) is 73.8 Å². The maximum Gasteiger partial charge on any atom is 0.259 e. The van der Waals surface area contributed by atoms with Crippen LogP contribution in [0.15, 0.2) is 70.9 Å². The van der Waals surface area contributed by atoms with Gasteiger partial charge in [0, 0.05) is 50.6 Å². The summed E-state index contributed by atoms with van der Waals surface area (Å²) in [5.41, 5.74) is 2.53. The molecule has 0 aliphatic carbocycles. The summed E-state index contributed by atoms with van der Waals surface area (Å²) in [6.07, 6.45) is 2.88. The van der Waals surface area contributed by atoms with Crippen molar-refractivity contribution < 1.29 is 28.5 Å². The Bertz CT molecular complexity index is 1490. The minimum absolute atomic E-state index is 0.0475. The summed E-state index contributed by atoms with van der Waals surface area (Å²) in [6.45, 7) is 4.68. The number of carbonyl (C=O) groups is 1. The highest BCUT2D eigenvalue weighted by molar-refractivity contribution is 6.20. The summed E-state index contributed by atoms with van der Waals surface area (Å²) in [6, 6.07) is 13.3. The number of guanidine groups is 1. The number of ether oxygens (including phenoxy) is 3. The van der Waals surface area contributed by atoms with Crippen LogP contribution < -0.4 is 14.8 Å². The van der Waals surface area contributed by atoms with Gasteiger partial charge in [-0.3, -0.25) is 29.9 Å². The normalized spacial score (nSPS) is 16.9. The molecule has 1 saturated heterocycles. The first kappa shape index (κ1) is 28.7. The molecule has 1 aromatic heterocycles. The Balaban J connectivity index is 1.27. The van der Waals surface area contributed by atoms with Crippen LogP contribution in [0.4, 0.5) is 10.1 Å². The average molecular weight is 589 g/mol. The van der Waals surface area contributed by atoms with E-state index < -0.39 is 6.10 Å². The van der Waals surface area contributed by atoms with Gasteiger partial charge < -0.3 is 19.3 Å². The topological polar surface area (TPSA) is 121 Å². The van der Waals surface area contributed by atoms with Crippen molar-refractivity contribution in [3.63, 3.8) is 0 Å². The fourth-order valence-corrected chi connectivity index (χ4v) is 5.16. The predicted molar refractivity (Wildman–Crippen MR) is 158 cm³/mol. The number of hydrogen-bond donors (Lipinski definition) is 2. The fourth-order valence-electron chi connectivity index (χ4n) is 5.16. The van der Waals surface area contributed by atoms with E-state index in [1.165, 1.54) is 18.3 Å². The molecule has 0 bridgehead atoms. The molecule has 0 radical (unpaired) electrons. The quantitative estimate of drug-likeness (QED) is 0.371. The molecule has 0 saturated carbocycles. The SMILES string of the molecule is O=C(NC1=Nc2c(ccc(OCC(O)CN3CCOCC3)c2OCCc2ccc(F)cc2)C2=NCCN12)c1cccnc1. The van der Waals surface area contributed by atoms with Crippen molar-refractivity contribution in [1.29, 1.82) is 0 Å². The van der Waals surface area contributed by atoms with Crippen LogP contribution in [0.25, 0.3) is 0 Å². The molecule has 3 aliphatic heterocycles. The highest BCUT2D eigenvalue weighted by atomic mass is 19.1. The van der Waals surface area contributed by atoms with Crippen molar-refractivity contribution >= 4 is 23.4 Å². The number of amidine groups is 1. The number of aliphatic imine (C=N–C) groups is 2. The zero-order chi connectivity index (χ0) is 29.6. The lowest BCUT2D eigenvalue weighted by Crippen LogP contribution is -2.47. The smallest absolute Gasteiger partial charge is 0.259 e. The van der Waals surface area contributed by atoms with Crippen molar-refractivity contribution in [3.8, 4) is 11.5 Å². The molecule has 1 atom stereocenters. The number of aromatic nitrogens is 1. The van der Waals surface area contributed by atoms with Crippen LogP contribution in [0.1, 0.15) is 21.5 Å². The summed E-state index contributed by atoms with van der Waals surface area (Å²) < 4.78 is 31.2. The minimum atomic E-state index is -0.728. The molecule has 3 aromatic rings. The van der Waals surface area contributed by atoms with Crippen molar-refractivity contribution in [2.75, 3.05) is 59.2 Å². The second-order valence-corrected chi connectivity index (χ2v) is 10.4. The minimum Gasteiger partial charge on any atom is -0.487 e. The van der Waals surface area contributed by atoms with E-state index in [-0.39, 0.29) is 24.9 Å². The second kappa shape index (κ2) is 13.3. The number of benzene rings is 2.